The summed E-state index contributed by atoms with van der Waals surface area (Å²) < 4.78 is 4.87. The van der Waals surface area contributed by atoms with Crippen molar-refractivity contribution in [3.05, 3.63) is 0 Å². The van der Waals surface area contributed by atoms with E-state index in [4.69, 9.17) is 4.74 Å². The maximum Gasteiger partial charge on any atom is 0.0897 e. The molecule has 1 atom stereocenters. The summed E-state index contributed by atoms with van der Waals surface area (Å²) in [5.41, 5.74) is 0.846. The molecule has 15 heavy (non-hydrogen) atoms. The Morgan fingerprint density at radius 2 is 1.80 bits per heavy atom. The fourth-order valence-corrected chi connectivity index (χ4v) is 2.49. The predicted molar refractivity (Wildman–Crippen MR) is 61.8 cm³/mol. The first kappa shape index (κ1) is 12.9. The molecule has 1 fully saturated rings. The molecule has 1 aliphatic rings. The van der Waals surface area contributed by atoms with Crippen molar-refractivity contribution in [3.63, 3.8) is 0 Å². The van der Waals surface area contributed by atoms with Crippen LogP contribution in [0.2, 0.25) is 0 Å². The van der Waals surface area contributed by atoms with Crippen LogP contribution in [0.1, 0.15) is 27.7 Å². The van der Waals surface area contributed by atoms with E-state index in [0.29, 0.717) is 29.9 Å². The minimum Gasteiger partial charge on any atom is -0.389 e. The minimum absolute atomic E-state index is 0.389. The van der Waals surface area contributed by atoms with Gasteiger partial charge in [-0.05, 0) is 23.3 Å². The van der Waals surface area contributed by atoms with Gasteiger partial charge < -0.3 is 15.2 Å². The lowest BCUT2D eigenvalue weighted by atomic mass is 10.0. The maximum atomic E-state index is 9.46. The van der Waals surface area contributed by atoms with Gasteiger partial charge in [-0.25, -0.2) is 0 Å². The Labute approximate surface area is 93.2 Å². The van der Waals surface area contributed by atoms with Crippen molar-refractivity contribution in [2.45, 2.75) is 33.8 Å². The van der Waals surface area contributed by atoms with Crippen molar-refractivity contribution in [3.8, 4) is 0 Å². The highest BCUT2D eigenvalue weighted by Gasteiger charge is 2.63. The topological polar surface area (TPSA) is 41.5 Å². The summed E-state index contributed by atoms with van der Waals surface area (Å²) in [7, 11) is 1.61. The molecule has 3 heteroatoms. The van der Waals surface area contributed by atoms with Crippen LogP contribution in [0.4, 0.5) is 0 Å². The van der Waals surface area contributed by atoms with Crippen LogP contribution in [0.15, 0.2) is 0 Å². The first-order valence-electron chi connectivity index (χ1n) is 5.71. The highest BCUT2D eigenvalue weighted by atomic mass is 16.5. The van der Waals surface area contributed by atoms with E-state index in [1.165, 1.54) is 0 Å². The maximum absolute atomic E-state index is 9.46. The largest absolute Gasteiger partial charge is 0.389 e. The summed E-state index contributed by atoms with van der Waals surface area (Å²) in [4.78, 5) is 0. The summed E-state index contributed by atoms with van der Waals surface area (Å²) in [6.07, 6.45) is -0.389. The van der Waals surface area contributed by atoms with Crippen LogP contribution in [0.3, 0.4) is 0 Å². The van der Waals surface area contributed by atoms with Crippen LogP contribution >= 0.6 is 0 Å². The highest BCUT2D eigenvalue weighted by molar-refractivity contribution is 5.12. The number of aliphatic hydroxyl groups excluding tert-OH is 1. The molecular formula is C12H25NO2. The van der Waals surface area contributed by atoms with Gasteiger partial charge in [0.05, 0.1) is 12.7 Å². The molecule has 0 saturated heterocycles. The molecule has 0 aliphatic heterocycles. The standard InChI is InChI=1S/C12H25NO2/c1-11(2)10(12(11,3)4)7-13-6-9(14)8-15-5/h9-10,13-14H,6-8H2,1-5H3. The molecule has 1 saturated carbocycles. The molecule has 1 rings (SSSR count). The van der Waals surface area contributed by atoms with E-state index >= 15 is 0 Å². The molecule has 1 aliphatic carbocycles. The second-order valence-electron chi connectivity index (χ2n) is 5.76. The number of hydrogen-bond donors (Lipinski definition) is 2. The number of hydrogen-bond acceptors (Lipinski definition) is 3. The fraction of sp³-hybridized carbons (Fsp3) is 1.00. The summed E-state index contributed by atoms with van der Waals surface area (Å²) in [6, 6.07) is 0. The molecule has 1 unspecified atom stereocenters. The molecule has 3 nitrogen and oxygen atoms in total. The molecule has 0 heterocycles. The fourth-order valence-electron chi connectivity index (χ4n) is 2.49. The van der Waals surface area contributed by atoms with Crippen LogP contribution in [-0.2, 0) is 4.74 Å². The van der Waals surface area contributed by atoms with Gasteiger partial charge >= 0.3 is 0 Å². The highest BCUT2D eigenvalue weighted by Crippen LogP contribution is 2.67. The van der Waals surface area contributed by atoms with Gasteiger partial charge in [0.15, 0.2) is 0 Å². The Balaban J connectivity index is 2.18. The Hall–Kier alpha value is -0.120. The van der Waals surface area contributed by atoms with Crippen LogP contribution in [0.25, 0.3) is 0 Å². The number of rotatable bonds is 6. The molecule has 0 aromatic carbocycles. The van der Waals surface area contributed by atoms with Crippen molar-refractivity contribution in [1.82, 2.24) is 5.32 Å². The van der Waals surface area contributed by atoms with Gasteiger partial charge in [0.25, 0.3) is 0 Å². The zero-order chi connectivity index (χ0) is 11.7. The van der Waals surface area contributed by atoms with Crippen molar-refractivity contribution < 1.29 is 9.84 Å². The van der Waals surface area contributed by atoms with Gasteiger partial charge in [-0.15, -0.1) is 0 Å². The molecule has 0 bridgehead atoms. The second-order valence-corrected chi connectivity index (χ2v) is 5.76. The molecular weight excluding hydrogens is 190 g/mol. The van der Waals surface area contributed by atoms with Crippen molar-refractivity contribution >= 4 is 0 Å². The normalized spacial score (nSPS) is 25.2. The molecule has 0 spiro atoms. The lowest BCUT2D eigenvalue weighted by Gasteiger charge is -2.11. The van der Waals surface area contributed by atoms with Crippen molar-refractivity contribution in [2.75, 3.05) is 26.8 Å². The van der Waals surface area contributed by atoms with E-state index in [0.717, 1.165) is 6.54 Å². The molecule has 0 aromatic heterocycles. The van der Waals surface area contributed by atoms with Crippen molar-refractivity contribution in [2.24, 2.45) is 16.7 Å². The second kappa shape index (κ2) is 4.40. The lowest BCUT2D eigenvalue weighted by Crippen LogP contribution is -2.32. The summed E-state index contributed by atoms with van der Waals surface area (Å²) >= 11 is 0. The first-order chi connectivity index (χ1) is 6.84. The van der Waals surface area contributed by atoms with Gasteiger partial charge in [-0.1, -0.05) is 27.7 Å². The third-order valence-electron chi connectivity index (χ3n) is 4.41. The number of methoxy groups -OCH3 is 1. The van der Waals surface area contributed by atoms with Crippen LogP contribution in [0.5, 0.6) is 0 Å². The number of aliphatic hydroxyl groups is 1. The quantitative estimate of drug-likeness (QED) is 0.701. The van der Waals surface area contributed by atoms with Crippen molar-refractivity contribution in [1.29, 1.82) is 0 Å². The van der Waals surface area contributed by atoms with Gasteiger partial charge in [0, 0.05) is 13.7 Å². The third-order valence-corrected chi connectivity index (χ3v) is 4.41. The average Bonchev–Trinajstić information content (AvgIpc) is 2.48. The van der Waals surface area contributed by atoms with E-state index in [1.807, 2.05) is 0 Å². The first-order valence-corrected chi connectivity index (χ1v) is 5.71. The molecule has 0 aromatic rings. The predicted octanol–water partition coefficient (Wildman–Crippen LogP) is 1.27. The zero-order valence-corrected chi connectivity index (χ0v) is 10.6. The van der Waals surface area contributed by atoms with Crippen LogP contribution in [0, 0.1) is 16.7 Å². The molecule has 0 amide bonds. The smallest absolute Gasteiger partial charge is 0.0897 e. The van der Waals surface area contributed by atoms with E-state index in [-0.39, 0.29) is 6.10 Å². The third kappa shape index (κ3) is 2.52. The van der Waals surface area contributed by atoms with E-state index in [9.17, 15) is 5.11 Å². The Morgan fingerprint density at radius 3 is 2.20 bits per heavy atom. The lowest BCUT2D eigenvalue weighted by molar-refractivity contribution is 0.0643. The summed E-state index contributed by atoms with van der Waals surface area (Å²) in [5.74, 6) is 0.708. The SMILES string of the molecule is COCC(O)CNCC1C(C)(C)C1(C)C. The number of nitrogens with one attached hydrogen (secondary N) is 1. The average molecular weight is 215 g/mol. The Morgan fingerprint density at radius 1 is 1.27 bits per heavy atom. The molecule has 90 valence electrons. The molecule has 0 radical (unpaired) electrons. The Kier molecular flexibility index (Phi) is 3.80. The van der Waals surface area contributed by atoms with Gasteiger partial charge in [-0.3, -0.25) is 0 Å². The number of ether oxygens (including phenoxy) is 1. The Bertz CT molecular complexity index is 200. The monoisotopic (exact) mass is 215 g/mol. The van der Waals surface area contributed by atoms with Crippen LogP contribution < -0.4 is 5.32 Å². The van der Waals surface area contributed by atoms with Crippen LogP contribution in [-0.4, -0.2) is 38.0 Å². The van der Waals surface area contributed by atoms with E-state index < -0.39 is 0 Å². The van der Waals surface area contributed by atoms with Gasteiger partial charge in [0.1, 0.15) is 0 Å². The van der Waals surface area contributed by atoms with E-state index in [1.54, 1.807) is 7.11 Å². The molecule has 2 N–H and O–H groups in total. The minimum atomic E-state index is -0.389. The van der Waals surface area contributed by atoms with E-state index in [2.05, 4.69) is 33.0 Å². The zero-order valence-electron chi connectivity index (χ0n) is 10.6. The summed E-state index contributed by atoms with van der Waals surface area (Å²) in [5, 5.41) is 12.8. The summed E-state index contributed by atoms with van der Waals surface area (Å²) in [6.45, 7) is 11.3. The van der Waals surface area contributed by atoms with Gasteiger partial charge in [-0.2, -0.15) is 0 Å². The van der Waals surface area contributed by atoms with Gasteiger partial charge in [0.2, 0.25) is 0 Å².